The number of nitrogens with one attached hydrogen (secondary N) is 1. The molecule has 0 aromatic rings. The second-order valence-corrected chi connectivity index (χ2v) is 6.30. The Morgan fingerprint density at radius 1 is 1.20 bits per heavy atom. The van der Waals surface area contributed by atoms with Gasteiger partial charge in [-0.15, -0.1) is 0 Å². The van der Waals surface area contributed by atoms with E-state index in [1.54, 1.807) is 0 Å². The summed E-state index contributed by atoms with van der Waals surface area (Å²) in [6.45, 7) is 11.9. The molecule has 4 nitrogen and oxygen atoms in total. The molecule has 1 N–H and O–H groups in total. The molecule has 2 fully saturated rings. The summed E-state index contributed by atoms with van der Waals surface area (Å²) in [7, 11) is 0. The highest BCUT2D eigenvalue weighted by atomic mass is 16.2. The van der Waals surface area contributed by atoms with Crippen LogP contribution in [0.15, 0.2) is 0 Å². The highest BCUT2D eigenvalue weighted by Crippen LogP contribution is 2.21. The molecule has 0 aliphatic carbocycles. The van der Waals surface area contributed by atoms with Gasteiger partial charge in [0.25, 0.3) is 0 Å². The van der Waals surface area contributed by atoms with Crippen molar-refractivity contribution in [1.82, 2.24) is 15.1 Å². The number of rotatable bonds is 5. The largest absolute Gasteiger partial charge is 0.342 e. The van der Waals surface area contributed by atoms with Crippen LogP contribution in [0.5, 0.6) is 0 Å². The van der Waals surface area contributed by atoms with Gasteiger partial charge in [0.15, 0.2) is 0 Å². The van der Waals surface area contributed by atoms with Gasteiger partial charge < -0.3 is 15.1 Å². The van der Waals surface area contributed by atoms with Gasteiger partial charge in [-0.05, 0) is 51.2 Å². The molecule has 116 valence electrons. The van der Waals surface area contributed by atoms with Crippen LogP contribution < -0.4 is 5.32 Å². The normalized spacial score (nSPS) is 25.1. The second kappa shape index (κ2) is 7.99. The molecule has 2 heterocycles. The van der Waals surface area contributed by atoms with Crippen molar-refractivity contribution in [3.05, 3.63) is 0 Å². The standard InChI is InChI=1S/C16H31N3O/c1-3-18(4-2)13-14-7-10-19(11-8-14)16(20)15-6-5-9-17-12-15/h14-15,17H,3-13H2,1-2H3/t15-/m0/s1. The third-order valence-electron chi connectivity index (χ3n) is 4.98. The Hall–Kier alpha value is -0.610. The van der Waals surface area contributed by atoms with Gasteiger partial charge in [-0.2, -0.15) is 0 Å². The summed E-state index contributed by atoms with van der Waals surface area (Å²) in [5.41, 5.74) is 0. The molecule has 0 aromatic heterocycles. The van der Waals surface area contributed by atoms with E-state index in [-0.39, 0.29) is 5.92 Å². The van der Waals surface area contributed by atoms with E-state index >= 15 is 0 Å². The Morgan fingerprint density at radius 2 is 1.90 bits per heavy atom. The van der Waals surface area contributed by atoms with Crippen molar-refractivity contribution in [3.63, 3.8) is 0 Å². The number of amides is 1. The van der Waals surface area contributed by atoms with Crippen molar-refractivity contribution in [3.8, 4) is 0 Å². The zero-order valence-corrected chi connectivity index (χ0v) is 13.2. The van der Waals surface area contributed by atoms with E-state index in [4.69, 9.17) is 0 Å². The second-order valence-electron chi connectivity index (χ2n) is 6.30. The summed E-state index contributed by atoms with van der Waals surface area (Å²) < 4.78 is 0. The van der Waals surface area contributed by atoms with Gasteiger partial charge in [-0.25, -0.2) is 0 Å². The van der Waals surface area contributed by atoms with Gasteiger partial charge in [0, 0.05) is 26.2 Å². The predicted octanol–water partition coefficient (Wildman–Crippen LogP) is 1.57. The van der Waals surface area contributed by atoms with Crippen molar-refractivity contribution in [2.45, 2.75) is 39.5 Å². The minimum atomic E-state index is 0.239. The lowest BCUT2D eigenvalue weighted by atomic mass is 9.93. The van der Waals surface area contributed by atoms with Gasteiger partial charge in [-0.3, -0.25) is 4.79 Å². The zero-order valence-electron chi connectivity index (χ0n) is 13.2. The van der Waals surface area contributed by atoms with Gasteiger partial charge in [0.2, 0.25) is 5.91 Å². The van der Waals surface area contributed by atoms with Crippen molar-refractivity contribution < 1.29 is 4.79 Å². The van der Waals surface area contributed by atoms with Gasteiger partial charge in [-0.1, -0.05) is 13.8 Å². The first kappa shape index (κ1) is 15.8. The summed E-state index contributed by atoms with van der Waals surface area (Å²) in [5, 5.41) is 3.35. The molecule has 0 spiro atoms. The monoisotopic (exact) mass is 281 g/mol. The molecule has 1 atom stereocenters. The average molecular weight is 281 g/mol. The fourth-order valence-corrected chi connectivity index (χ4v) is 3.50. The van der Waals surface area contributed by atoms with Crippen LogP contribution >= 0.6 is 0 Å². The third-order valence-corrected chi connectivity index (χ3v) is 4.98. The van der Waals surface area contributed by atoms with Crippen LogP contribution in [0.4, 0.5) is 0 Å². The number of hydrogen-bond acceptors (Lipinski definition) is 3. The van der Waals surface area contributed by atoms with E-state index in [1.807, 2.05) is 0 Å². The van der Waals surface area contributed by atoms with Crippen LogP contribution in [0.3, 0.4) is 0 Å². The highest BCUT2D eigenvalue weighted by Gasteiger charge is 2.29. The number of likely N-dealkylation sites (tertiary alicyclic amines) is 1. The first-order chi connectivity index (χ1) is 9.74. The SMILES string of the molecule is CCN(CC)CC1CCN(C(=O)[C@H]2CCCNC2)CC1. The minimum Gasteiger partial charge on any atom is -0.342 e. The maximum atomic E-state index is 12.5. The molecule has 2 aliphatic heterocycles. The lowest BCUT2D eigenvalue weighted by Gasteiger charge is -2.36. The van der Waals surface area contributed by atoms with Crippen LogP contribution in [0, 0.1) is 11.8 Å². The molecule has 4 heteroatoms. The molecule has 20 heavy (non-hydrogen) atoms. The van der Waals surface area contributed by atoms with E-state index in [0.717, 1.165) is 58.0 Å². The lowest BCUT2D eigenvalue weighted by molar-refractivity contribution is -0.137. The summed E-state index contributed by atoms with van der Waals surface area (Å²) in [6, 6.07) is 0. The van der Waals surface area contributed by atoms with E-state index in [2.05, 4.69) is 29.0 Å². The first-order valence-corrected chi connectivity index (χ1v) is 8.46. The van der Waals surface area contributed by atoms with Crippen LogP contribution in [-0.2, 0) is 4.79 Å². The summed E-state index contributed by atoms with van der Waals surface area (Å²) >= 11 is 0. The Balaban J connectivity index is 1.74. The van der Waals surface area contributed by atoms with E-state index in [0.29, 0.717) is 5.91 Å². The summed E-state index contributed by atoms with van der Waals surface area (Å²) in [5.74, 6) is 1.42. The maximum absolute atomic E-state index is 12.5. The molecule has 0 unspecified atom stereocenters. The van der Waals surface area contributed by atoms with Crippen LogP contribution in [0.25, 0.3) is 0 Å². The van der Waals surface area contributed by atoms with Crippen molar-refractivity contribution in [1.29, 1.82) is 0 Å². The molecule has 2 saturated heterocycles. The van der Waals surface area contributed by atoms with E-state index in [1.165, 1.54) is 19.4 Å². The smallest absolute Gasteiger partial charge is 0.226 e. The van der Waals surface area contributed by atoms with Crippen LogP contribution in [0.1, 0.15) is 39.5 Å². The van der Waals surface area contributed by atoms with E-state index < -0.39 is 0 Å². The van der Waals surface area contributed by atoms with Crippen LogP contribution in [-0.4, -0.2) is 61.5 Å². The molecule has 1 amide bonds. The summed E-state index contributed by atoms with van der Waals surface area (Å²) in [4.78, 5) is 17.1. The number of nitrogens with zero attached hydrogens (tertiary/aromatic N) is 2. The molecule has 2 rings (SSSR count). The van der Waals surface area contributed by atoms with Gasteiger partial charge >= 0.3 is 0 Å². The Bertz CT molecular complexity index is 290. The Kier molecular flexibility index (Phi) is 6.30. The number of piperidine rings is 2. The number of hydrogen-bond donors (Lipinski definition) is 1. The van der Waals surface area contributed by atoms with Crippen molar-refractivity contribution in [2.24, 2.45) is 11.8 Å². The van der Waals surface area contributed by atoms with Gasteiger partial charge in [0.1, 0.15) is 0 Å². The predicted molar refractivity (Wildman–Crippen MR) is 82.7 cm³/mol. The molecule has 0 bridgehead atoms. The molecular formula is C16H31N3O. The average Bonchev–Trinajstić information content (AvgIpc) is 2.53. The number of carbonyl (C=O) groups excluding carboxylic acids is 1. The first-order valence-electron chi connectivity index (χ1n) is 8.46. The van der Waals surface area contributed by atoms with Gasteiger partial charge in [0.05, 0.1) is 5.92 Å². The third kappa shape index (κ3) is 4.19. The fraction of sp³-hybridized carbons (Fsp3) is 0.938. The minimum absolute atomic E-state index is 0.239. The molecule has 0 saturated carbocycles. The summed E-state index contributed by atoms with van der Waals surface area (Å²) in [6.07, 6.45) is 4.59. The fourth-order valence-electron chi connectivity index (χ4n) is 3.50. The zero-order chi connectivity index (χ0) is 14.4. The quantitative estimate of drug-likeness (QED) is 0.831. The Morgan fingerprint density at radius 3 is 2.45 bits per heavy atom. The van der Waals surface area contributed by atoms with Crippen molar-refractivity contribution in [2.75, 3.05) is 45.8 Å². The van der Waals surface area contributed by atoms with E-state index in [9.17, 15) is 4.79 Å². The molecular weight excluding hydrogens is 250 g/mol. The van der Waals surface area contributed by atoms with Crippen LogP contribution in [0.2, 0.25) is 0 Å². The van der Waals surface area contributed by atoms with Crippen molar-refractivity contribution >= 4 is 5.91 Å². The Labute approximate surface area is 123 Å². The topological polar surface area (TPSA) is 35.6 Å². The maximum Gasteiger partial charge on any atom is 0.226 e. The number of carbonyl (C=O) groups is 1. The lowest BCUT2D eigenvalue weighted by Crippen LogP contribution is -2.47. The molecule has 2 aliphatic rings. The molecule has 0 radical (unpaired) electrons. The highest BCUT2D eigenvalue weighted by molar-refractivity contribution is 5.79. The molecule has 0 aromatic carbocycles.